The molecule has 1 fully saturated rings. The predicted octanol–water partition coefficient (Wildman–Crippen LogP) is 5.50. The Labute approximate surface area is 189 Å². The summed E-state index contributed by atoms with van der Waals surface area (Å²) in [6, 6.07) is 12.3. The number of carbonyl (C=O) groups excluding carboxylic acids is 1. The number of ether oxygens (including phenoxy) is 1. The summed E-state index contributed by atoms with van der Waals surface area (Å²) in [5.41, 5.74) is 4.30. The van der Waals surface area contributed by atoms with Crippen molar-refractivity contribution in [3.05, 3.63) is 58.4 Å². The second-order valence-corrected chi connectivity index (χ2v) is 8.96. The second kappa shape index (κ2) is 9.31. The fraction of sp³-hybridized carbons (Fsp3) is 0.440. The Bertz CT molecular complexity index is 1090. The van der Waals surface area contributed by atoms with E-state index in [2.05, 4.69) is 4.57 Å². The molecule has 164 valence electrons. The quantitative estimate of drug-likeness (QED) is 0.488. The minimum atomic E-state index is -0.0347. The number of nitrogens with zero attached hydrogens (tertiary/aromatic N) is 3. The zero-order chi connectivity index (χ0) is 22.0. The maximum Gasteiger partial charge on any atom is 0.260 e. The molecule has 4 rings (SSSR count). The van der Waals surface area contributed by atoms with Crippen LogP contribution in [0.2, 0.25) is 5.02 Å². The van der Waals surface area contributed by atoms with Gasteiger partial charge in [-0.05, 0) is 62.1 Å². The minimum absolute atomic E-state index is 0.0347. The number of hydrogen-bond donors (Lipinski definition) is 0. The molecule has 1 aromatic heterocycles. The third kappa shape index (κ3) is 4.72. The summed E-state index contributed by atoms with van der Waals surface area (Å²) in [5.74, 6) is 1.76. The Hall–Kier alpha value is -2.53. The zero-order valence-corrected chi connectivity index (χ0v) is 19.3. The van der Waals surface area contributed by atoms with Crippen LogP contribution in [0.3, 0.4) is 0 Å². The van der Waals surface area contributed by atoms with Gasteiger partial charge in [0.1, 0.15) is 11.6 Å². The van der Waals surface area contributed by atoms with Crippen molar-refractivity contribution in [1.82, 2.24) is 14.5 Å². The van der Waals surface area contributed by atoms with Gasteiger partial charge in [-0.1, -0.05) is 36.6 Å². The molecule has 0 bridgehead atoms. The molecule has 3 aromatic rings. The summed E-state index contributed by atoms with van der Waals surface area (Å²) in [6.45, 7) is 4.69. The van der Waals surface area contributed by atoms with Gasteiger partial charge >= 0.3 is 0 Å². The summed E-state index contributed by atoms with van der Waals surface area (Å²) >= 11 is 6.27. The van der Waals surface area contributed by atoms with E-state index in [1.54, 1.807) is 4.90 Å². The van der Waals surface area contributed by atoms with E-state index >= 15 is 0 Å². The number of amides is 1. The van der Waals surface area contributed by atoms with Crippen molar-refractivity contribution < 1.29 is 9.53 Å². The van der Waals surface area contributed by atoms with E-state index < -0.39 is 0 Å². The van der Waals surface area contributed by atoms with Gasteiger partial charge in [-0.15, -0.1) is 0 Å². The molecule has 0 aliphatic heterocycles. The number of fused-ring (bicyclic) bond motifs is 1. The molecule has 1 aliphatic carbocycles. The maximum atomic E-state index is 12.6. The van der Waals surface area contributed by atoms with Crippen LogP contribution in [0, 0.1) is 13.8 Å². The topological polar surface area (TPSA) is 47.4 Å². The lowest BCUT2D eigenvalue weighted by Gasteiger charge is -2.20. The van der Waals surface area contributed by atoms with Crippen molar-refractivity contribution in [2.75, 3.05) is 20.2 Å². The number of rotatable bonds is 7. The van der Waals surface area contributed by atoms with Gasteiger partial charge < -0.3 is 14.2 Å². The van der Waals surface area contributed by atoms with Gasteiger partial charge in [0, 0.05) is 31.1 Å². The number of aromatic nitrogens is 2. The van der Waals surface area contributed by atoms with E-state index in [1.165, 1.54) is 25.7 Å². The number of aryl methyl sites for hydroxylation is 1. The lowest BCUT2D eigenvalue weighted by molar-refractivity contribution is -0.132. The monoisotopic (exact) mass is 439 g/mol. The Balaban J connectivity index is 1.44. The highest BCUT2D eigenvalue weighted by Gasteiger charge is 2.23. The van der Waals surface area contributed by atoms with Crippen molar-refractivity contribution in [2.45, 2.75) is 52.0 Å². The first-order chi connectivity index (χ1) is 14.9. The Morgan fingerprint density at radius 2 is 2.00 bits per heavy atom. The molecule has 1 aliphatic rings. The zero-order valence-electron chi connectivity index (χ0n) is 18.5. The lowest BCUT2D eigenvalue weighted by atomic mass is 10.1. The van der Waals surface area contributed by atoms with E-state index in [0.717, 1.165) is 38.8 Å². The summed E-state index contributed by atoms with van der Waals surface area (Å²) in [6.07, 6.45) is 5.54. The normalized spacial score (nSPS) is 14.3. The van der Waals surface area contributed by atoms with E-state index in [0.29, 0.717) is 19.0 Å². The number of hydrogen-bond acceptors (Lipinski definition) is 3. The highest BCUT2D eigenvalue weighted by molar-refractivity contribution is 6.31. The van der Waals surface area contributed by atoms with Crippen LogP contribution in [0.5, 0.6) is 5.75 Å². The van der Waals surface area contributed by atoms with E-state index in [-0.39, 0.29) is 12.5 Å². The molecule has 0 atom stereocenters. The van der Waals surface area contributed by atoms with Crippen molar-refractivity contribution in [3.8, 4) is 5.75 Å². The summed E-state index contributed by atoms with van der Waals surface area (Å²) < 4.78 is 8.15. The number of carbonyl (C=O) groups is 1. The first-order valence-electron chi connectivity index (χ1n) is 11.0. The number of likely N-dealkylation sites (N-methyl/N-ethyl adjacent to an activating group) is 1. The van der Waals surface area contributed by atoms with Gasteiger partial charge in [0.25, 0.3) is 5.91 Å². The van der Waals surface area contributed by atoms with Crippen LogP contribution in [0.4, 0.5) is 0 Å². The van der Waals surface area contributed by atoms with Gasteiger partial charge in [0.05, 0.1) is 11.0 Å². The smallest absolute Gasteiger partial charge is 0.260 e. The number of imidazole rings is 1. The summed E-state index contributed by atoms with van der Waals surface area (Å²) in [4.78, 5) is 19.3. The highest BCUT2D eigenvalue weighted by Crippen LogP contribution is 2.34. The molecule has 5 nitrogen and oxygen atoms in total. The van der Waals surface area contributed by atoms with Crippen LogP contribution in [0.15, 0.2) is 36.4 Å². The van der Waals surface area contributed by atoms with Crippen LogP contribution < -0.4 is 4.74 Å². The van der Waals surface area contributed by atoms with Crippen LogP contribution in [-0.4, -0.2) is 40.6 Å². The number of halogens is 1. The molecule has 6 heteroatoms. The Morgan fingerprint density at radius 3 is 2.77 bits per heavy atom. The minimum Gasteiger partial charge on any atom is -0.483 e. The van der Waals surface area contributed by atoms with Gasteiger partial charge in [-0.25, -0.2) is 4.98 Å². The maximum absolute atomic E-state index is 12.6. The van der Waals surface area contributed by atoms with Crippen molar-refractivity contribution in [2.24, 2.45) is 0 Å². The fourth-order valence-electron chi connectivity index (χ4n) is 4.38. The van der Waals surface area contributed by atoms with Gasteiger partial charge in [-0.2, -0.15) is 0 Å². The average molecular weight is 440 g/mol. The van der Waals surface area contributed by atoms with E-state index in [4.69, 9.17) is 21.3 Å². The van der Waals surface area contributed by atoms with Crippen LogP contribution in [0.25, 0.3) is 11.0 Å². The van der Waals surface area contributed by atoms with Crippen LogP contribution in [-0.2, 0) is 11.2 Å². The molecular formula is C25H30ClN3O2. The molecule has 2 aromatic carbocycles. The van der Waals surface area contributed by atoms with Gasteiger partial charge in [-0.3, -0.25) is 4.79 Å². The first-order valence-corrected chi connectivity index (χ1v) is 11.4. The molecular weight excluding hydrogens is 410 g/mol. The molecule has 31 heavy (non-hydrogen) atoms. The predicted molar refractivity (Wildman–Crippen MR) is 125 cm³/mol. The molecule has 1 saturated carbocycles. The average Bonchev–Trinajstić information content (AvgIpc) is 3.39. The third-order valence-corrected chi connectivity index (χ3v) is 6.65. The van der Waals surface area contributed by atoms with Gasteiger partial charge in [0.2, 0.25) is 0 Å². The van der Waals surface area contributed by atoms with Crippen LogP contribution in [0.1, 0.15) is 48.7 Å². The summed E-state index contributed by atoms with van der Waals surface area (Å²) in [7, 11) is 1.83. The molecule has 0 unspecified atom stereocenters. The lowest BCUT2D eigenvalue weighted by Crippen LogP contribution is -2.33. The molecule has 0 radical (unpaired) electrons. The number of benzene rings is 2. The molecule has 1 heterocycles. The molecule has 0 saturated heterocycles. The van der Waals surface area contributed by atoms with Crippen LogP contribution >= 0.6 is 11.6 Å². The standard InChI is InChI=1S/C25H30ClN3O2/c1-17-7-6-10-23(18(17)2)31-16-25(30)28(3)14-13-24-27-21-12-11-19(26)15-22(21)29(24)20-8-4-5-9-20/h6-7,10-12,15,20H,4-5,8-9,13-14,16H2,1-3H3. The van der Waals surface area contributed by atoms with Crippen molar-refractivity contribution >= 4 is 28.5 Å². The Morgan fingerprint density at radius 1 is 1.23 bits per heavy atom. The molecule has 0 N–H and O–H groups in total. The first kappa shape index (κ1) is 21.7. The van der Waals surface area contributed by atoms with Gasteiger partial charge in [0.15, 0.2) is 6.61 Å². The van der Waals surface area contributed by atoms with Crippen molar-refractivity contribution in [3.63, 3.8) is 0 Å². The SMILES string of the molecule is Cc1cccc(OCC(=O)N(C)CCc2nc3ccc(Cl)cc3n2C2CCCC2)c1C. The largest absolute Gasteiger partial charge is 0.483 e. The van der Waals surface area contributed by atoms with Crippen molar-refractivity contribution in [1.29, 1.82) is 0 Å². The van der Waals surface area contributed by atoms with E-state index in [1.807, 2.05) is 57.3 Å². The fourth-order valence-corrected chi connectivity index (χ4v) is 4.55. The molecule has 0 spiro atoms. The Kier molecular flexibility index (Phi) is 6.51. The van der Waals surface area contributed by atoms with E-state index in [9.17, 15) is 4.79 Å². The second-order valence-electron chi connectivity index (χ2n) is 8.52. The summed E-state index contributed by atoms with van der Waals surface area (Å²) in [5, 5.41) is 0.731. The highest BCUT2D eigenvalue weighted by atomic mass is 35.5. The molecule has 1 amide bonds. The third-order valence-electron chi connectivity index (χ3n) is 6.42.